The molecule has 0 radical (unpaired) electrons. The summed E-state index contributed by atoms with van der Waals surface area (Å²) in [6.45, 7) is 7.55. The van der Waals surface area contributed by atoms with Gasteiger partial charge in [-0.1, -0.05) is 44.5 Å². The van der Waals surface area contributed by atoms with Gasteiger partial charge in [0.25, 0.3) is 5.91 Å². The second kappa shape index (κ2) is 8.44. The van der Waals surface area contributed by atoms with Crippen molar-refractivity contribution in [3.8, 4) is 0 Å². The van der Waals surface area contributed by atoms with Crippen molar-refractivity contribution >= 4 is 33.2 Å². The summed E-state index contributed by atoms with van der Waals surface area (Å²) in [6, 6.07) is 11.8. The Morgan fingerprint density at radius 1 is 1.07 bits per heavy atom. The van der Waals surface area contributed by atoms with Crippen LogP contribution in [0.4, 0.5) is 5.69 Å². The number of rotatable bonds is 4. The van der Waals surface area contributed by atoms with Crippen molar-refractivity contribution in [2.24, 2.45) is 0 Å². The predicted molar refractivity (Wildman–Crippen MR) is 114 cm³/mol. The molecule has 0 saturated carbocycles. The van der Waals surface area contributed by atoms with E-state index in [-0.39, 0.29) is 34.3 Å². The second-order valence-electron chi connectivity index (χ2n) is 7.94. The number of anilines is 1. The van der Waals surface area contributed by atoms with Gasteiger partial charge in [-0.2, -0.15) is 4.31 Å². The quantitative estimate of drug-likeness (QED) is 0.788. The van der Waals surface area contributed by atoms with Crippen LogP contribution in [0.15, 0.2) is 47.4 Å². The molecule has 8 heteroatoms. The molecule has 2 aromatic carbocycles. The highest BCUT2D eigenvalue weighted by molar-refractivity contribution is 7.89. The molecular weight excluding hydrogens is 412 g/mol. The topological polar surface area (TPSA) is 75.7 Å². The summed E-state index contributed by atoms with van der Waals surface area (Å²) in [6.07, 6.45) is 0. The van der Waals surface area contributed by atoms with Gasteiger partial charge >= 0.3 is 0 Å². The lowest BCUT2D eigenvalue weighted by Crippen LogP contribution is -2.40. The highest BCUT2D eigenvalue weighted by Crippen LogP contribution is 2.29. The number of morpholine rings is 1. The van der Waals surface area contributed by atoms with Gasteiger partial charge in [-0.25, -0.2) is 8.42 Å². The number of carbonyl (C=O) groups excluding carboxylic acids is 1. The van der Waals surface area contributed by atoms with E-state index in [9.17, 15) is 13.2 Å². The highest BCUT2D eigenvalue weighted by atomic mass is 35.5. The van der Waals surface area contributed by atoms with Crippen LogP contribution in [0.2, 0.25) is 5.02 Å². The molecule has 156 valence electrons. The van der Waals surface area contributed by atoms with Crippen LogP contribution in [0, 0.1) is 0 Å². The minimum Gasteiger partial charge on any atom is -0.379 e. The smallest absolute Gasteiger partial charge is 0.255 e. The number of hydrogen-bond donors (Lipinski definition) is 1. The van der Waals surface area contributed by atoms with Gasteiger partial charge in [-0.3, -0.25) is 4.79 Å². The molecule has 0 spiro atoms. The maximum absolute atomic E-state index is 12.9. The number of nitrogens with zero attached hydrogens (tertiary/aromatic N) is 1. The van der Waals surface area contributed by atoms with E-state index in [4.69, 9.17) is 16.3 Å². The average molecular weight is 437 g/mol. The van der Waals surface area contributed by atoms with Crippen molar-refractivity contribution in [2.75, 3.05) is 31.6 Å². The molecule has 2 aromatic rings. The van der Waals surface area contributed by atoms with Crippen LogP contribution < -0.4 is 5.32 Å². The number of halogens is 1. The summed E-state index contributed by atoms with van der Waals surface area (Å²) >= 11 is 6.16. The summed E-state index contributed by atoms with van der Waals surface area (Å²) in [5.41, 5.74) is 1.98. The molecule has 29 heavy (non-hydrogen) atoms. The Morgan fingerprint density at radius 2 is 1.69 bits per heavy atom. The summed E-state index contributed by atoms with van der Waals surface area (Å²) in [7, 11) is -3.77. The van der Waals surface area contributed by atoms with E-state index in [1.165, 1.54) is 16.4 Å². The Labute approximate surface area is 176 Å². The van der Waals surface area contributed by atoms with E-state index in [0.29, 0.717) is 24.5 Å². The average Bonchev–Trinajstić information content (AvgIpc) is 2.69. The lowest BCUT2D eigenvalue weighted by Gasteiger charge is -2.26. The summed E-state index contributed by atoms with van der Waals surface area (Å²) in [5, 5.41) is 2.87. The Kier molecular flexibility index (Phi) is 6.33. The van der Waals surface area contributed by atoms with Crippen LogP contribution in [0.3, 0.4) is 0 Å². The Hall–Kier alpha value is -1.93. The molecule has 1 fully saturated rings. The normalized spacial score (nSPS) is 15.9. The van der Waals surface area contributed by atoms with Crippen molar-refractivity contribution in [3.63, 3.8) is 0 Å². The number of nitrogens with one attached hydrogen (secondary N) is 1. The van der Waals surface area contributed by atoms with Crippen LogP contribution >= 0.6 is 11.6 Å². The van der Waals surface area contributed by atoms with Gasteiger partial charge in [0.05, 0.1) is 18.2 Å². The van der Waals surface area contributed by atoms with E-state index in [1.54, 1.807) is 18.2 Å². The zero-order valence-corrected chi connectivity index (χ0v) is 18.3. The fourth-order valence-corrected chi connectivity index (χ4v) is 4.94. The van der Waals surface area contributed by atoms with Gasteiger partial charge < -0.3 is 10.1 Å². The van der Waals surface area contributed by atoms with Crippen LogP contribution in [0.5, 0.6) is 0 Å². The molecule has 0 atom stereocenters. The third-order valence-corrected chi connectivity index (χ3v) is 7.17. The second-order valence-corrected chi connectivity index (χ2v) is 10.3. The van der Waals surface area contributed by atoms with Crippen molar-refractivity contribution in [2.45, 2.75) is 31.1 Å². The van der Waals surface area contributed by atoms with Crippen LogP contribution in [0.25, 0.3) is 0 Å². The molecule has 1 heterocycles. The molecule has 1 saturated heterocycles. The third-order valence-electron chi connectivity index (χ3n) is 4.79. The molecule has 1 aliphatic heterocycles. The summed E-state index contributed by atoms with van der Waals surface area (Å²) in [4.78, 5) is 12.6. The molecule has 1 N–H and O–H groups in total. The molecule has 1 aliphatic rings. The van der Waals surface area contributed by atoms with E-state index < -0.39 is 10.0 Å². The SMILES string of the molecule is CC(C)(C)c1ccc(C(=O)Nc2ccc(Cl)c(S(=O)(=O)N3CCOCC3)c2)cc1. The van der Waals surface area contributed by atoms with E-state index in [1.807, 2.05) is 12.1 Å². The predicted octanol–water partition coefficient (Wildman–Crippen LogP) is 3.91. The van der Waals surface area contributed by atoms with Crippen LogP contribution in [-0.4, -0.2) is 44.9 Å². The number of carbonyl (C=O) groups is 1. The Morgan fingerprint density at radius 3 is 2.28 bits per heavy atom. The molecule has 0 bridgehead atoms. The maximum Gasteiger partial charge on any atom is 0.255 e. The first-order valence-corrected chi connectivity index (χ1v) is 11.2. The van der Waals surface area contributed by atoms with E-state index in [0.717, 1.165) is 5.56 Å². The van der Waals surface area contributed by atoms with Crippen LogP contribution in [0.1, 0.15) is 36.7 Å². The molecule has 1 amide bonds. The minimum absolute atomic E-state index is 0.00601. The monoisotopic (exact) mass is 436 g/mol. The van der Waals surface area contributed by atoms with Gasteiger partial charge in [0, 0.05) is 24.3 Å². The summed E-state index contributed by atoms with van der Waals surface area (Å²) in [5.74, 6) is -0.317. The van der Waals surface area contributed by atoms with Gasteiger partial charge in [-0.15, -0.1) is 0 Å². The standard InChI is InChI=1S/C21H25ClN2O4S/c1-21(2,3)16-6-4-15(5-7-16)20(25)23-17-8-9-18(22)19(14-17)29(26,27)24-10-12-28-13-11-24/h4-9,14H,10-13H2,1-3H3,(H,23,25). The lowest BCUT2D eigenvalue weighted by molar-refractivity contribution is 0.0730. The first-order chi connectivity index (χ1) is 13.6. The summed E-state index contributed by atoms with van der Waals surface area (Å²) < 4.78 is 32.4. The zero-order valence-electron chi connectivity index (χ0n) is 16.7. The number of amides is 1. The fraction of sp³-hybridized carbons (Fsp3) is 0.381. The molecule has 0 unspecified atom stereocenters. The molecule has 0 aliphatic carbocycles. The molecule has 3 rings (SSSR count). The van der Waals surface area contributed by atoms with Gasteiger partial charge in [0.15, 0.2) is 0 Å². The van der Waals surface area contributed by atoms with Gasteiger partial charge in [-0.05, 0) is 41.3 Å². The minimum atomic E-state index is -3.77. The third kappa shape index (κ3) is 4.98. The highest BCUT2D eigenvalue weighted by Gasteiger charge is 2.28. The first-order valence-electron chi connectivity index (χ1n) is 9.38. The van der Waals surface area contributed by atoms with Gasteiger partial charge in [0.2, 0.25) is 10.0 Å². The molecule has 0 aromatic heterocycles. The zero-order chi connectivity index (χ0) is 21.2. The largest absolute Gasteiger partial charge is 0.379 e. The van der Waals surface area contributed by atoms with Crippen molar-refractivity contribution in [1.82, 2.24) is 4.31 Å². The van der Waals surface area contributed by atoms with Crippen molar-refractivity contribution in [3.05, 3.63) is 58.6 Å². The lowest BCUT2D eigenvalue weighted by atomic mass is 9.87. The van der Waals surface area contributed by atoms with Crippen molar-refractivity contribution in [1.29, 1.82) is 0 Å². The Balaban J connectivity index is 1.81. The fourth-order valence-electron chi connectivity index (χ4n) is 3.03. The number of hydrogen-bond acceptors (Lipinski definition) is 4. The van der Waals surface area contributed by atoms with E-state index in [2.05, 4.69) is 26.1 Å². The Bertz CT molecular complexity index is 992. The molecular formula is C21H25ClN2O4S. The van der Waals surface area contributed by atoms with Crippen molar-refractivity contribution < 1.29 is 17.9 Å². The number of ether oxygens (including phenoxy) is 1. The first kappa shape index (κ1) is 21.8. The van der Waals surface area contributed by atoms with E-state index >= 15 is 0 Å². The maximum atomic E-state index is 12.9. The molecule has 6 nitrogen and oxygen atoms in total. The number of benzene rings is 2. The number of sulfonamides is 1. The van der Waals surface area contributed by atoms with Gasteiger partial charge in [0.1, 0.15) is 4.90 Å². The van der Waals surface area contributed by atoms with Crippen LogP contribution in [-0.2, 0) is 20.2 Å².